The maximum absolute atomic E-state index is 11.4. The third-order valence-electron chi connectivity index (χ3n) is 1.83. The van der Waals surface area contributed by atoms with Gasteiger partial charge in [0.2, 0.25) is 5.91 Å². The molecule has 1 atom stereocenters. The van der Waals surface area contributed by atoms with Crippen molar-refractivity contribution < 1.29 is 9.63 Å². The third kappa shape index (κ3) is 3.72. The summed E-state index contributed by atoms with van der Waals surface area (Å²) in [4.78, 5) is 16.2. The second kappa shape index (κ2) is 5.14. The summed E-state index contributed by atoms with van der Waals surface area (Å²) < 4.78 is 0. The molecule has 0 spiro atoms. The summed E-state index contributed by atoms with van der Waals surface area (Å²) in [7, 11) is 3.14. The Balaban J connectivity index is 3.92. The van der Waals surface area contributed by atoms with E-state index in [-0.39, 0.29) is 11.8 Å². The van der Waals surface area contributed by atoms with Crippen molar-refractivity contribution in [3.8, 4) is 0 Å². The number of nitrogens with zero attached hydrogens (tertiary/aromatic N) is 1. The fourth-order valence-electron chi connectivity index (χ4n) is 1.21. The lowest BCUT2D eigenvalue weighted by atomic mass is 9.98. The van der Waals surface area contributed by atoms with Crippen LogP contribution >= 0.6 is 0 Å². The highest BCUT2D eigenvalue weighted by Gasteiger charge is 2.17. The lowest BCUT2D eigenvalue weighted by Gasteiger charge is -2.19. The summed E-state index contributed by atoms with van der Waals surface area (Å²) in [5.74, 6) is 0.648. The van der Waals surface area contributed by atoms with Gasteiger partial charge >= 0.3 is 0 Å². The minimum atomic E-state index is 0.0474. The molecule has 0 aromatic rings. The van der Waals surface area contributed by atoms with Crippen LogP contribution in [0, 0.1) is 11.8 Å². The molecule has 0 N–H and O–H groups in total. The number of amides is 1. The van der Waals surface area contributed by atoms with Crippen LogP contribution in [0.25, 0.3) is 0 Å². The molecule has 0 radical (unpaired) electrons. The summed E-state index contributed by atoms with van der Waals surface area (Å²) in [6, 6.07) is 0. The van der Waals surface area contributed by atoms with Crippen LogP contribution < -0.4 is 0 Å². The van der Waals surface area contributed by atoms with Crippen molar-refractivity contribution in [1.29, 1.82) is 0 Å². The number of rotatable bonds is 4. The van der Waals surface area contributed by atoms with Gasteiger partial charge in [0.05, 0.1) is 7.11 Å². The van der Waals surface area contributed by atoms with E-state index in [1.807, 2.05) is 6.92 Å². The molecule has 0 fully saturated rings. The molecule has 0 aliphatic heterocycles. The fraction of sp³-hybridized carbons (Fsp3) is 0.889. The minimum Gasteiger partial charge on any atom is -0.275 e. The predicted octanol–water partition coefficient (Wildman–Crippen LogP) is 1.69. The quantitative estimate of drug-likeness (QED) is 0.605. The van der Waals surface area contributed by atoms with E-state index in [0.717, 1.165) is 6.42 Å². The third-order valence-corrected chi connectivity index (χ3v) is 1.83. The topological polar surface area (TPSA) is 29.5 Å². The summed E-state index contributed by atoms with van der Waals surface area (Å²) in [5.41, 5.74) is 0. The fourth-order valence-corrected chi connectivity index (χ4v) is 1.21. The van der Waals surface area contributed by atoms with Crippen molar-refractivity contribution in [2.24, 2.45) is 11.8 Å². The summed E-state index contributed by atoms with van der Waals surface area (Å²) in [6.45, 7) is 6.14. The number of hydrogen-bond donors (Lipinski definition) is 0. The number of hydroxylamine groups is 2. The maximum Gasteiger partial charge on any atom is 0.248 e. The molecule has 0 aromatic heterocycles. The zero-order valence-corrected chi connectivity index (χ0v) is 8.63. The van der Waals surface area contributed by atoms with Gasteiger partial charge in [0.1, 0.15) is 0 Å². The Bertz CT molecular complexity index is 145. The van der Waals surface area contributed by atoms with E-state index in [9.17, 15) is 4.79 Å². The van der Waals surface area contributed by atoms with E-state index in [1.54, 1.807) is 7.05 Å². The Morgan fingerprint density at radius 2 is 1.92 bits per heavy atom. The van der Waals surface area contributed by atoms with E-state index >= 15 is 0 Å². The Morgan fingerprint density at radius 1 is 1.42 bits per heavy atom. The second-order valence-corrected chi connectivity index (χ2v) is 3.55. The molecule has 72 valence electrons. The first-order chi connectivity index (χ1) is 5.49. The normalized spacial score (nSPS) is 13.2. The SMILES string of the molecule is CON(C)C(=O)C(C)CC(C)C. The standard InChI is InChI=1S/C9H19NO2/c1-7(2)6-8(3)9(11)10(4)12-5/h7-8H,6H2,1-5H3. The Labute approximate surface area is 74.6 Å². The van der Waals surface area contributed by atoms with Crippen LogP contribution in [-0.4, -0.2) is 25.1 Å². The van der Waals surface area contributed by atoms with Crippen molar-refractivity contribution in [3.05, 3.63) is 0 Å². The minimum absolute atomic E-state index is 0.0474. The molecule has 0 bridgehead atoms. The zero-order chi connectivity index (χ0) is 9.72. The zero-order valence-electron chi connectivity index (χ0n) is 8.63. The summed E-state index contributed by atoms with van der Waals surface area (Å²) in [6.07, 6.45) is 0.909. The van der Waals surface area contributed by atoms with Crippen LogP contribution in [0.3, 0.4) is 0 Å². The van der Waals surface area contributed by atoms with Gasteiger partial charge in [-0.15, -0.1) is 0 Å². The summed E-state index contributed by atoms with van der Waals surface area (Å²) in [5, 5.41) is 1.28. The molecular weight excluding hydrogens is 154 g/mol. The van der Waals surface area contributed by atoms with Gasteiger partial charge in [-0.3, -0.25) is 9.63 Å². The van der Waals surface area contributed by atoms with E-state index in [1.165, 1.54) is 12.2 Å². The van der Waals surface area contributed by atoms with Crippen LogP contribution in [0.2, 0.25) is 0 Å². The van der Waals surface area contributed by atoms with Gasteiger partial charge in [0, 0.05) is 13.0 Å². The van der Waals surface area contributed by atoms with Gasteiger partial charge < -0.3 is 0 Å². The monoisotopic (exact) mass is 173 g/mol. The highest BCUT2D eigenvalue weighted by Crippen LogP contribution is 2.12. The van der Waals surface area contributed by atoms with E-state index < -0.39 is 0 Å². The van der Waals surface area contributed by atoms with Gasteiger partial charge in [0.25, 0.3) is 0 Å². The van der Waals surface area contributed by atoms with Gasteiger partial charge in [-0.25, -0.2) is 5.06 Å². The van der Waals surface area contributed by atoms with Gasteiger partial charge in [-0.05, 0) is 12.3 Å². The van der Waals surface area contributed by atoms with Crippen molar-refractivity contribution in [2.75, 3.05) is 14.2 Å². The second-order valence-electron chi connectivity index (χ2n) is 3.55. The van der Waals surface area contributed by atoms with Crippen molar-refractivity contribution in [2.45, 2.75) is 27.2 Å². The number of hydrogen-bond acceptors (Lipinski definition) is 2. The molecule has 0 heterocycles. The molecule has 0 aliphatic rings. The van der Waals surface area contributed by atoms with Crippen molar-refractivity contribution in [3.63, 3.8) is 0 Å². The molecule has 3 heteroatoms. The molecule has 1 unspecified atom stereocenters. The van der Waals surface area contributed by atoms with Crippen LogP contribution in [0.4, 0.5) is 0 Å². The smallest absolute Gasteiger partial charge is 0.248 e. The predicted molar refractivity (Wildman–Crippen MR) is 48.4 cm³/mol. The molecule has 0 saturated heterocycles. The van der Waals surface area contributed by atoms with Crippen LogP contribution in [-0.2, 0) is 9.63 Å². The highest BCUT2D eigenvalue weighted by atomic mass is 16.7. The van der Waals surface area contributed by atoms with Crippen molar-refractivity contribution in [1.82, 2.24) is 5.06 Å². The van der Waals surface area contributed by atoms with E-state index in [0.29, 0.717) is 5.92 Å². The molecule has 1 amide bonds. The maximum atomic E-state index is 11.4. The Kier molecular flexibility index (Phi) is 4.90. The summed E-state index contributed by atoms with van der Waals surface area (Å²) >= 11 is 0. The molecule has 12 heavy (non-hydrogen) atoms. The molecule has 0 rings (SSSR count). The first kappa shape index (κ1) is 11.4. The highest BCUT2D eigenvalue weighted by molar-refractivity contribution is 5.77. The molecule has 0 aromatic carbocycles. The van der Waals surface area contributed by atoms with E-state index in [4.69, 9.17) is 4.84 Å². The van der Waals surface area contributed by atoms with Crippen molar-refractivity contribution >= 4 is 5.91 Å². The lowest BCUT2D eigenvalue weighted by molar-refractivity contribution is -0.173. The Hall–Kier alpha value is -0.570. The van der Waals surface area contributed by atoms with Crippen LogP contribution in [0.1, 0.15) is 27.2 Å². The number of carbonyl (C=O) groups excluding carboxylic acids is 1. The molecular formula is C9H19NO2. The largest absolute Gasteiger partial charge is 0.275 e. The molecule has 0 saturated carbocycles. The van der Waals surface area contributed by atoms with Gasteiger partial charge in [-0.2, -0.15) is 0 Å². The van der Waals surface area contributed by atoms with Crippen LogP contribution in [0.5, 0.6) is 0 Å². The van der Waals surface area contributed by atoms with E-state index in [2.05, 4.69) is 13.8 Å². The Morgan fingerprint density at radius 3 is 2.25 bits per heavy atom. The van der Waals surface area contributed by atoms with Gasteiger partial charge in [-0.1, -0.05) is 20.8 Å². The first-order valence-corrected chi connectivity index (χ1v) is 4.30. The average Bonchev–Trinajstić information content (AvgIpc) is 2.00. The van der Waals surface area contributed by atoms with Crippen LogP contribution in [0.15, 0.2) is 0 Å². The molecule has 0 aliphatic carbocycles. The lowest BCUT2D eigenvalue weighted by Crippen LogP contribution is -2.31. The number of carbonyl (C=O) groups is 1. The average molecular weight is 173 g/mol. The first-order valence-electron chi connectivity index (χ1n) is 4.30. The van der Waals surface area contributed by atoms with Gasteiger partial charge in [0.15, 0.2) is 0 Å². The molecule has 3 nitrogen and oxygen atoms in total.